The van der Waals surface area contributed by atoms with Crippen LogP contribution in [-0.4, -0.2) is 46.8 Å². The lowest BCUT2D eigenvalue weighted by Gasteiger charge is -2.38. The van der Waals surface area contributed by atoms with Crippen LogP contribution in [0.4, 0.5) is 4.39 Å². The number of benzene rings is 1. The van der Waals surface area contributed by atoms with E-state index < -0.39 is 6.04 Å². The van der Waals surface area contributed by atoms with Crippen molar-refractivity contribution in [2.75, 3.05) is 20.1 Å². The van der Waals surface area contributed by atoms with Crippen molar-refractivity contribution < 1.29 is 13.9 Å². The second-order valence-corrected chi connectivity index (χ2v) is 6.40. The van der Waals surface area contributed by atoms with Gasteiger partial charge in [-0.3, -0.25) is 9.48 Å². The monoisotopic (exact) mass is 346 g/mol. The van der Waals surface area contributed by atoms with E-state index in [1.165, 1.54) is 12.1 Å². The number of aryl methyl sites for hydroxylation is 1. The molecule has 1 aliphatic rings. The Morgan fingerprint density at radius 2 is 2.08 bits per heavy atom. The molecule has 2 heterocycles. The lowest BCUT2D eigenvalue weighted by atomic mass is 10.0. The van der Waals surface area contributed by atoms with Gasteiger partial charge in [-0.2, -0.15) is 5.10 Å². The van der Waals surface area contributed by atoms with Crippen LogP contribution in [0.3, 0.4) is 0 Å². The summed E-state index contributed by atoms with van der Waals surface area (Å²) in [5.41, 5.74) is 1.70. The molecule has 1 fully saturated rings. The van der Waals surface area contributed by atoms with Crippen molar-refractivity contribution in [2.24, 2.45) is 7.05 Å². The van der Waals surface area contributed by atoms with Gasteiger partial charge in [0.2, 0.25) is 5.91 Å². The SMILES string of the molecule is CNC(C(=O)N1CC(C)OC(c2ccc(F)cc2)C1)c1cnn(C)c1. The van der Waals surface area contributed by atoms with Crippen molar-refractivity contribution in [1.82, 2.24) is 20.0 Å². The first-order valence-electron chi connectivity index (χ1n) is 8.33. The number of aromatic nitrogens is 2. The number of nitrogens with zero attached hydrogens (tertiary/aromatic N) is 3. The molecule has 0 spiro atoms. The molecule has 1 saturated heterocycles. The van der Waals surface area contributed by atoms with E-state index >= 15 is 0 Å². The van der Waals surface area contributed by atoms with Crippen LogP contribution >= 0.6 is 0 Å². The number of hydrogen-bond acceptors (Lipinski definition) is 4. The van der Waals surface area contributed by atoms with Crippen LogP contribution in [0, 0.1) is 5.82 Å². The second-order valence-electron chi connectivity index (χ2n) is 6.40. The van der Waals surface area contributed by atoms with Crippen molar-refractivity contribution in [1.29, 1.82) is 0 Å². The minimum absolute atomic E-state index is 0.0160. The molecule has 134 valence electrons. The molecule has 0 bridgehead atoms. The molecule has 2 aromatic rings. The van der Waals surface area contributed by atoms with E-state index in [9.17, 15) is 9.18 Å². The molecule has 0 saturated carbocycles. The molecule has 25 heavy (non-hydrogen) atoms. The van der Waals surface area contributed by atoms with Crippen LogP contribution in [0.15, 0.2) is 36.7 Å². The van der Waals surface area contributed by atoms with Gasteiger partial charge in [0.05, 0.1) is 18.8 Å². The molecule has 0 radical (unpaired) electrons. The van der Waals surface area contributed by atoms with Crippen molar-refractivity contribution >= 4 is 5.91 Å². The standard InChI is InChI=1S/C18H23FN4O2/c1-12-9-23(11-16(25-12)13-4-6-15(19)7-5-13)18(24)17(20-2)14-8-21-22(3)10-14/h4-8,10,12,16-17,20H,9,11H2,1-3H3. The van der Waals surface area contributed by atoms with E-state index in [-0.39, 0.29) is 23.9 Å². The Hall–Kier alpha value is -2.25. The summed E-state index contributed by atoms with van der Waals surface area (Å²) in [4.78, 5) is 14.8. The molecule has 1 aromatic heterocycles. The summed E-state index contributed by atoms with van der Waals surface area (Å²) in [5.74, 6) is -0.301. The number of carbonyl (C=O) groups is 1. The van der Waals surface area contributed by atoms with Gasteiger partial charge >= 0.3 is 0 Å². The summed E-state index contributed by atoms with van der Waals surface area (Å²) < 4.78 is 20.8. The fourth-order valence-corrected chi connectivity index (χ4v) is 3.20. The van der Waals surface area contributed by atoms with E-state index in [0.717, 1.165) is 11.1 Å². The Morgan fingerprint density at radius 1 is 1.36 bits per heavy atom. The van der Waals surface area contributed by atoms with Crippen LogP contribution in [-0.2, 0) is 16.6 Å². The lowest BCUT2D eigenvalue weighted by molar-refractivity contribution is -0.147. The molecule has 1 N–H and O–H groups in total. The average molecular weight is 346 g/mol. The summed E-state index contributed by atoms with van der Waals surface area (Å²) in [6, 6.07) is 5.79. The van der Waals surface area contributed by atoms with Gasteiger partial charge in [-0.15, -0.1) is 0 Å². The Kier molecular flexibility index (Phi) is 5.15. The quantitative estimate of drug-likeness (QED) is 0.917. The number of morpholine rings is 1. The van der Waals surface area contributed by atoms with Crippen molar-refractivity contribution in [3.63, 3.8) is 0 Å². The summed E-state index contributed by atoms with van der Waals surface area (Å²) in [7, 11) is 3.58. The summed E-state index contributed by atoms with van der Waals surface area (Å²) in [5, 5.41) is 7.22. The zero-order valence-corrected chi connectivity index (χ0v) is 14.6. The normalized spacial score (nSPS) is 22.0. The third-order valence-electron chi connectivity index (χ3n) is 4.41. The van der Waals surface area contributed by atoms with Crippen LogP contribution in [0.5, 0.6) is 0 Å². The average Bonchev–Trinajstić information content (AvgIpc) is 3.01. The topological polar surface area (TPSA) is 59.4 Å². The fraction of sp³-hybridized carbons (Fsp3) is 0.444. The fourth-order valence-electron chi connectivity index (χ4n) is 3.20. The molecule has 1 amide bonds. The Bertz CT molecular complexity index is 731. The van der Waals surface area contributed by atoms with E-state index in [1.807, 2.05) is 20.2 Å². The first-order chi connectivity index (χ1) is 12.0. The molecule has 7 heteroatoms. The zero-order chi connectivity index (χ0) is 18.0. The van der Waals surface area contributed by atoms with Gasteiger partial charge in [0.1, 0.15) is 18.0 Å². The second kappa shape index (κ2) is 7.33. The predicted molar refractivity (Wildman–Crippen MR) is 91.3 cm³/mol. The van der Waals surface area contributed by atoms with Crippen molar-refractivity contribution in [3.8, 4) is 0 Å². The highest BCUT2D eigenvalue weighted by Crippen LogP contribution is 2.27. The Labute approximate surface area is 146 Å². The third-order valence-corrected chi connectivity index (χ3v) is 4.41. The lowest BCUT2D eigenvalue weighted by Crippen LogP contribution is -2.49. The molecule has 3 rings (SSSR count). The number of amides is 1. The molecule has 1 aliphatic heterocycles. The van der Waals surface area contributed by atoms with E-state index in [2.05, 4.69) is 10.4 Å². The molecular weight excluding hydrogens is 323 g/mol. The molecule has 3 atom stereocenters. The summed E-state index contributed by atoms with van der Waals surface area (Å²) in [6.45, 7) is 2.90. The minimum Gasteiger partial charge on any atom is -0.367 e. The largest absolute Gasteiger partial charge is 0.367 e. The van der Waals surface area contributed by atoms with Gasteiger partial charge in [0.15, 0.2) is 0 Å². The van der Waals surface area contributed by atoms with Crippen LogP contribution in [0.25, 0.3) is 0 Å². The van der Waals surface area contributed by atoms with Crippen molar-refractivity contribution in [2.45, 2.75) is 25.2 Å². The minimum atomic E-state index is -0.451. The first-order valence-corrected chi connectivity index (χ1v) is 8.33. The highest BCUT2D eigenvalue weighted by Gasteiger charge is 2.33. The summed E-state index contributed by atoms with van der Waals surface area (Å²) >= 11 is 0. The number of nitrogens with one attached hydrogen (secondary N) is 1. The zero-order valence-electron chi connectivity index (χ0n) is 14.6. The third kappa shape index (κ3) is 3.88. The van der Waals surface area contributed by atoms with Gasteiger partial charge in [0.25, 0.3) is 0 Å². The molecule has 0 aliphatic carbocycles. The maximum Gasteiger partial charge on any atom is 0.244 e. The number of rotatable bonds is 4. The number of hydrogen-bond donors (Lipinski definition) is 1. The maximum atomic E-state index is 13.2. The number of likely N-dealkylation sites (N-methyl/N-ethyl adjacent to an activating group) is 1. The number of halogens is 1. The van der Waals surface area contributed by atoms with Crippen LogP contribution in [0.1, 0.15) is 30.2 Å². The highest BCUT2D eigenvalue weighted by atomic mass is 19.1. The number of carbonyl (C=O) groups excluding carboxylic acids is 1. The molecule has 1 aromatic carbocycles. The van der Waals surface area contributed by atoms with E-state index in [0.29, 0.717) is 13.1 Å². The predicted octanol–water partition coefficient (Wildman–Crippen LogP) is 1.81. The van der Waals surface area contributed by atoms with Gasteiger partial charge < -0.3 is 15.0 Å². The van der Waals surface area contributed by atoms with Gasteiger partial charge in [-0.25, -0.2) is 4.39 Å². The van der Waals surface area contributed by atoms with Crippen LogP contribution in [0.2, 0.25) is 0 Å². The van der Waals surface area contributed by atoms with E-state index in [1.54, 1.807) is 35.0 Å². The highest BCUT2D eigenvalue weighted by molar-refractivity contribution is 5.83. The van der Waals surface area contributed by atoms with Crippen molar-refractivity contribution in [3.05, 3.63) is 53.6 Å². The smallest absolute Gasteiger partial charge is 0.244 e. The molecule has 3 unspecified atom stereocenters. The Morgan fingerprint density at radius 3 is 2.68 bits per heavy atom. The Balaban J connectivity index is 1.78. The number of ether oxygens (including phenoxy) is 1. The first kappa shape index (κ1) is 17.6. The maximum absolute atomic E-state index is 13.2. The van der Waals surface area contributed by atoms with Gasteiger partial charge in [0, 0.05) is 25.4 Å². The summed E-state index contributed by atoms with van der Waals surface area (Å²) in [6.07, 6.45) is 3.17. The van der Waals surface area contributed by atoms with Gasteiger partial charge in [-0.05, 0) is 31.7 Å². The van der Waals surface area contributed by atoms with Crippen LogP contribution < -0.4 is 5.32 Å². The molecule has 6 nitrogen and oxygen atoms in total. The molecular formula is C18H23FN4O2. The van der Waals surface area contributed by atoms with E-state index in [4.69, 9.17) is 4.74 Å². The van der Waals surface area contributed by atoms with Gasteiger partial charge in [-0.1, -0.05) is 12.1 Å².